The van der Waals surface area contributed by atoms with E-state index in [9.17, 15) is 5.11 Å². The highest BCUT2D eigenvalue weighted by molar-refractivity contribution is 6.42. The molecule has 0 spiro atoms. The van der Waals surface area contributed by atoms with Crippen LogP contribution in [0.2, 0.25) is 10.0 Å². The number of aromatic hydroxyl groups is 1. The van der Waals surface area contributed by atoms with Gasteiger partial charge in [-0.15, -0.1) is 0 Å². The van der Waals surface area contributed by atoms with Crippen LogP contribution in [-0.2, 0) is 6.61 Å². The van der Waals surface area contributed by atoms with Crippen LogP contribution in [0.15, 0.2) is 36.4 Å². The van der Waals surface area contributed by atoms with Crippen LogP contribution in [0.5, 0.6) is 11.5 Å². The van der Waals surface area contributed by atoms with E-state index >= 15 is 0 Å². The van der Waals surface area contributed by atoms with Gasteiger partial charge in [0.15, 0.2) is 0 Å². The molecule has 0 amide bonds. The molecule has 2 aromatic carbocycles. The number of rotatable bonds is 3. The molecule has 94 valence electrons. The Morgan fingerprint density at radius 3 is 2.67 bits per heavy atom. The molecule has 0 saturated carbocycles. The number of hydrogen-bond acceptors (Lipinski definition) is 2. The molecular weight excluding hydrogens is 271 g/mol. The van der Waals surface area contributed by atoms with Gasteiger partial charge in [-0.2, -0.15) is 0 Å². The van der Waals surface area contributed by atoms with Gasteiger partial charge in [0.25, 0.3) is 0 Å². The number of halogens is 2. The molecule has 0 aliphatic heterocycles. The van der Waals surface area contributed by atoms with Gasteiger partial charge in [0.05, 0.1) is 10.0 Å². The van der Waals surface area contributed by atoms with Gasteiger partial charge in [0.2, 0.25) is 0 Å². The van der Waals surface area contributed by atoms with Gasteiger partial charge in [0.1, 0.15) is 18.1 Å². The molecule has 0 saturated heterocycles. The van der Waals surface area contributed by atoms with Gasteiger partial charge in [-0.25, -0.2) is 0 Å². The third-order valence-corrected chi connectivity index (χ3v) is 3.32. The average Bonchev–Trinajstić information content (AvgIpc) is 2.30. The molecule has 1 N–H and O–H groups in total. The van der Waals surface area contributed by atoms with Crippen molar-refractivity contribution in [3.63, 3.8) is 0 Å². The third-order valence-electron chi connectivity index (χ3n) is 2.46. The van der Waals surface area contributed by atoms with Crippen LogP contribution in [0, 0.1) is 6.92 Å². The molecule has 0 radical (unpaired) electrons. The van der Waals surface area contributed by atoms with E-state index < -0.39 is 0 Å². The monoisotopic (exact) mass is 282 g/mol. The van der Waals surface area contributed by atoms with E-state index in [1.807, 2.05) is 25.1 Å². The first-order valence-corrected chi connectivity index (χ1v) is 6.18. The summed E-state index contributed by atoms with van der Waals surface area (Å²) in [4.78, 5) is 0. The minimum atomic E-state index is 0.183. The van der Waals surface area contributed by atoms with Gasteiger partial charge in [-0.05, 0) is 30.7 Å². The van der Waals surface area contributed by atoms with Crippen LogP contribution in [0.1, 0.15) is 11.1 Å². The number of aryl methyl sites for hydroxylation is 1. The highest BCUT2D eigenvalue weighted by Crippen LogP contribution is 2.27. The van der Waals surface area contributed by atoms with Crippen molar-refractivity contribution in [1.82, 2.24) is 0 Å². The van der Waals surface area contributed by atoms with E-state index in [1.165, 1.54) is 0 Å². The number of hydrogen-bond donors (Lipinski definition) is 1. The van der Waals surface area contributed by atoms with Crippen molar-refractivity contribution in [3.05, 3.63) is 57.6 Å². The Morgan fingerprint density at radius 2 is 1.94 bits per heavy atom. The first-order chi connectivity index (χ1) is 8.56. The maximum Gasteiger partial charge on any atom is 0.123 e. The zero-order valence-corrected chi connectivity index (χ0v) is 11.3. The molecule has 0 aliphatic carbocycles. The normalized spacial score (nSPS) is 10.4. The molecule has 0 aromatic heterocycles. The van der Waals surface area contributed by atoms with Crippen LogP contribution in [-0.4, -0.2) is 5.11 Å². The largest absolute Gasteiger partial charge is 0.508 e. The predicted molar refractivity (Wildman–Crippen MR) is 73.6 cm³/mol. The van der Waals surface area contributed by atoms with Crippen molar-refractivity contribution < 1.29 is 9.84 Å². The fraction of sp³-hybridized carbons (Fsp3) is 0.143. The molecule has 0 fully saturated rings. The maximum absolute atomic E-state index is 9.46. The molecule has 2 rings (SSSR count). The number of ether oxygens (including phenoxy) is 1. The van der Waals surface area contributed by atoms with Crippen LogP contribution < -0.4 is 4.74 Å². The van der Waals surface area contributed by atoms with E-state index in [2.05, 4.69) is 0 Å². The van der Waals surface area contributed by atoms with E-state index in [0.717, 1.165) is 11.1 Å². The zero-order chi connectivity index (χ0) is 13.1. The second-order valence-electron chi connectivity index (χ2n) is 4.01. The van der Waals surface area contributed by atoms with Crippen LogP contribution in [0.3, 0.4) is 0 Å². The molecule has 0 heterocycles. The van der Waals surface area contributed by atoms with Gasteiger partial charge in [-0.3, -0.25) is 0 Å². The number of phenols is 1. The molecular formula is C14H12Cl2O2. The Balaban J connectivity index is 2.14. The molecule has 0 aliphatic rings. The highest BCUT2D eigenvalue weighted by atomic mass is 35.5. The first-order valence-electron chi connectivity index (χ1n) is 5.42. The Labute approximate surface area is 116 Å². The summed E-state index contributed by atoms with van der Waals surface area (Å²) in [5.41, 5.74) is 1.74. The Bertz CT molecular complexity index is 547. The lowest BCUT2D eigenvalue weighted by Crippen LogP contribution is -1.96. The molecule has 0 unspecified atom stereocenters. The summed E-state index contributed by atoms with van der Waals surface area (Å²) in [7, 11) is 0. The smallest absolute Gasteiger partial charge is 0.123 e. The van der Waals surface area contributed by atoms with E-state index in [4.69, 9.17) is 27.9 Å². The molecule has 0 atom stereocenters. The lowest BCUT2D eigenvalue weighted by atomic mass is 10.2. The number of benzene rings is 2. The average molecular weight is 283 g/mol. The van der Waals surface area contributed by atoms with Crippen LogP contribution >= 0.6 is 23.2 Å². The molecule has 2 nitrogen and oxygen atoms in total. The summed E-state index contributed by atoms with van der Waals surface area (Å²) in [5, 5.41) is 10.5. The second kappa shape index (κ2) is 5.51. The van der Waals surface area contributed by atoms with Crippen molar-refractivity contribution in [1.29, 1.82) is 0 Å². The fourth-order valence-corrected chi connectivity index (χ4v) is 2.01. The van der Waals surface area contributed by atoms with Gasteiger partial charge in [-0.1, -0.05) is 35.3 Å². The first kappa shape index (κ1) is 13.1. The van der Waals surface area contributed by atoms with Crippen LogP contribution in [0.4, 0.5) is 0 Å². The molecule has 2 aromatic rings. The number of phenolic OH excluding ortho intramolecular Hbond substituents is 1. The Hall–Kier alpha value is -1.38. The third kappa shape index (κ3) is 3.09. The molecule has 0 bridgehead atoms. The second-order valence-corrected chi connectivity index (χ2v) is 4.79. The summed E-state index contributed by atoms with van der Waals surface area (Å²) in [5.74, 6) is 0.783. The Morgan fingerprint density at radius 1 is 1.17 bits per heavy atom. The summed E-state index contributed by atoms with van der Waals surface area (Å²) >= 11 is 12.0. The highest BCUT2D eigenvalue weighted by Gasteiger charge is 2.05. The molecule has 18 heavy (non-hydrogen) atoms. The van der Waals surface area contributed by atoms with E-state index in [0.29, 0.717) is 22.4 Å². The zero-order valence-electron chi connectivity index (χ0n) is 9.78. The summed E-state index contributed by atoms with van der Waals surface area (Å²) < 4.78 is 5.59. The van der Waals surface area contributed by atoms with E-state index in [-0.39, 0.29) is 5.75 Å². The minimum absolute atomic E-state index is 0.183. The van der Waals surface area contributed by atoms with Crippen molar-refractivity contribution in [3.8, 4) is 11.5 Å². The van der Waals surface area contributed by atoms with Gasteiger partial charge < -0.3 is 9.84 Å². The summed E-state index contributed by atoms with van der Waals surface area (Å²) in [6.07, 6.45) is 0. The predicted octanol–water partition coefficient (Wildman–Crippen LogP) is 4.59. The lowest BCUT2D eigenvalue weighted by Gasteiger charge is -2.09. The van der Waals surface area contributed by atoms with E-state index in [1.54, 1.807) is 18.2 Å². The van der Waals surface area contributed by atoms with Crippen molar-refractivity contribution in [2.45, 2.75) is 13.5 Å². The van der Waals surface area contributed by atoms with Crippen molar-refractivity contribution in [2.75, 3.05) is 0 Å². The quantitative estimate of drug-likeness (QED) is 0.893. The van der Waals surface area contributed by atoms with Gasteiger partial charge in [0, 0.05) is 11.6 Å². The van der Waals surface area contributed by atoms with Crippen molar-refractivity contribution >= 4 is 23.2 Å². The maximum atomic E-state index is 9.46. The van der Waals surface area contributed by atoms with Crippen LogP contribution in [0.25, 0.3) is 0 Å². The summed E-state index contributed by atoms with van der Waals surface area (Å²) in [6, 6.07) is 10.5. The van der Waals surface area contributed by atoms with Crippen molar-refractivity contribution in [2.24, 2.45) is 0 Å². The minimum Gasteiger partial charge on any atom is -0.508 e. The Kier molecular flexibility index (Phi) is 4.00. The lowest BCUT2D eigenvalue weighted by molar-refractivity contribution is 0.304. The topological polar surface area (TPSA) is 29.5 Å². The fourth-order valence-electron chi connectivity index (χ4n) is 1.63. The van der Waals surface area contributed by atoms with Gasteiger partial charge >= 0.3 is 0 Å². The summed E-state index contributed by atoms with van der Waals surface area (Å²) in [6.45, 7) is 2.20. The molecule has 4 heteroatoms. The SMILES string of the molecule is Cc1cc(O)cc(OCc2cccc(Cl)c2Cl)c1. The standard InChI is InChI=1S/C14H12Cl2O2/c1-9-5-11(17)7-12(6-9)18-8-10-3-2-4-13(15)14(10)16/h2-7,17H,8H2,1H3.